The molecule has 7 heteroatoms. The number of carbonyl (C=O) groups excluding carboxylic acids is 2. The van der Waals surface area contributed by atoms with Crippen molar-refractivity contribution < 1.29 is 9.59 Å². The monoisotopic (exact) mass is 357 g/mol. The Morgan fingerprint density at radius 3 is 2.58 bits per heavy atom. The van der Waals surface area contributed by atoms with Crippen LogP contribution in [0.3, 0.4) is 0 Å². The van der Waals surface area contributed by atoms with Gasteiger partial charge in [-0.1, -0.05) is 31.4 Å². The number of anilines is 2. The summed E-state index contributed by atoms with van der Waals surface area (Å²) in [5, 5.41) is 6.01. The molecule has 1 rings (SSSR count). The van der Waals surface area contributed by atoms with Crippen molar-refractivity contribution in [3.8, 4) is 0 Å². The van der Waals surface area contributed by atoms with E-state index in [1.807, 2.05) is 6.08 Å². The van der Waals surface area contributed by atoms with Crippen LogP contribution in [0.25, 0.3) is 0 Å². The third kappa shape index (κ3) is 6.72. The van der Waals surface area contributed by atoms with Gasteiger partial charge in [0.2, 0.25) is 5.91 Å². The summed E-state index contributed by atoms with van der Waals surface area (Å²) in [4.78, 5) is 24.7. The van der Waals surface area contributed by atoms with E-state index >= 15 is 0 Å². The number of hydrogen-bond acceptors (Lipinski definition) is 4. The van der Waals surface area contributed by atoms with Gasteiger partial charge in [0.25, 0.3) is 0 Å². The third-order valence-electron chi connectivity index (χ3n) is 3.64. The van der Waals surface area contributed by atoms with Crippen LogP contribution in [-0.2, 0) is 0 Å². The summed E-state index contributed by atoms with van der Waals surface area (Å²) in [6, 6.07) is 4.71. The van der Waals surface area contributed by atoms with Gasteiger partial charge in [-0.3, -0.25) is 4.79 Å². The number of likely N-dealkylation sites (N-methyl/N-ethyl adjacent to an activating group) is 1. The highest BCUT2D eigenvalue weighted by Gasteiger charge is 2.08. The largest absolute Gasteiger partial charge is 0.397 e. The lowest BCUT2D eigenvalue weighted by atomic mass is 10.1. The molecule has 0 aliphatic rings. The Hall–Kier alpha value is -3.22. The molecule has 0 atom stereocenters. The number of rotatable bonds is 10. The first kappa shape index (κ1) is 20.8. The predicted octanol–water partition coefficient (Wildman–Crippen LogP) is 2.11. The molecule has 0 saturated heterocycles. The number of benzene rings is 1. The molecule has 1 aromatic rings. The van der Waals surface area contributed by atoms with Crippen LogP contribution in [0.15, 0.2) is 55.2 Å². The van der Waals surface area contributed by atoms with Crippen LogP contribution in [0.1, 0.15) is 16.8 Å². The average Bonchev–Trinajstić information content (AvgIpc) is 2.61. The van der Waals surface area contributed by atoms with Gasteiger partial charge in [0.15, 0.2) is 0 Å². The Morgan fingerprint density at radius 2 is 2.00 bits per heavy atom. The zero-order chi connectivity index (χ0) is 19.5. The van der Waals surface area contributed by atoms with E-state index in [9.17, 15) is 9.59 Å². The molecule has 0 bridgehead atoms. The molecule has 3 amide bonds. The highest BCUT2D eigenvalue weighted by atomic mass is 16.2. The first-order valence-electron chi connectivity index (χ1n) is 8.25. The van der Waals surface area contributed by atoms with Crippen LogP contribution < -0.4 is 22.1 Å². The Kier molecular flexibility index (Phi) is 8.49. The zero-order valence-corrected chi connectivity index (χ0v) is 15.1. The van der Waals surface area contributed by atoms with Crippen molar-refractivity contribution in [1.29, 1.82) is 0 Å². The fourth-order valence-electron chi connectivity index (χ4n) is 2.20. The van der Waals surface area contributed by atoms with E-state index in [1.54, 1.807) is 36.2 Å². The maximum Gasteiger partial charge on any atom is 0.317 e. The quantitative estimate of drug-likeness (QED) is 0.292. The average molecular weight is 357 g/mol. The lowest BCUT2D eigenvalue weighted by molar-refractivity contribution is 0.100. The molecule has 0 heterocycles. The van der Waals surface area contributed by atoms with Crippen molar-refractivity contribution in [1.82, 2.24) is 10.2 Å². The second-order valence-corrected chi connectivity index (χ2v) is 5.72. The van der Waals surface area contributed by atoms with E-state index in [0.29, 0.717) is 37.3 Å². The van der Waals surface area contributed by atoms with E-state index in [0.717, 1.165) is 11.3 Å². The number of nitrogens with zero attached hydrogens (tertiary/aromatic N) is 1. The van der Waals surface area contributed by atoms with Gasteiger partial charge in [-0.15, -0.1) is 0 Å². The Bertz CT molecular complexity index is 697. The van der Waals surface area contributed by atoms with Crippen molar-refractivity contribution in [3.63, 3.8) is 0 Å². The molecule has 0 unspecified atom stereocenters. The van der Waals surface area contributed by atoms with Gasteiger partial charge in [-0.05, 0) is 30.2 Å². The third-order valence-corrected chi connectivity index (χ3v) is 3.64. The number of nitrogens with one attached hydrogen (secondary N) is 2. The van der Waals surface area contributed by atoms with Crippen LogP contribution in [0.2, 0.25) is 0 Å². The molecule has 7 nitrogen and oxygen atoms in total. The first-order chi connectivity index (χ1) is 12.4. The smallest absolute Gasteiger partial charge is 0.317 e. The number of allylic oxidation sites excluding steroid dienone is 2. The lowest BCUT2D eigenvalue weighted by Gasteiger charge is -2.18. The SMILES string of the molecule is C=C/C=C(\C=C)CN(C)C(=O)NCCCNc1ccc(C(N)=O)cc1N. The first-order valence-corrected chi connectivity index (χ1v) is 8.25. The van der Waals surface area contributed by atoms with Gasteiger partial charge >= 0.3 is 6.03 Å². The topological polar surface area (TPSA) is 113 Å². The summed E-state index contributed by atoms with van der Waals surface area (Å²) in [6.45, 7) is 8.95. The lowest BCUT2D eigenvalue weighted by Crippen LogP contribution is -2.38. The molecular weight excluding hydrogens is 330 g/mol. The van der Waals surface area contributed by atoms with Gasteiger partial charge in [-0.25, -0.2) is 4.79 Å². The molecule has 0 radical (unpaired) electrons. The molecule has 0 fully saturated rings. The molecular formula is C19H27N5O2. The van der Waals surface area contributed by atoms with E-state index in [-0.39, 0.29) is 6.03 Å². The summed E-state index contributed by atoms with van der Waals surface area (Å²) < 4.78 is 0. The summed E-state index contributed by atoms with van der Waals surface area (Å²) in [5.41, 5.74) is 13.5. The summed E-state index contributed by atoms with van der Waals surface area (Å²) in [6.07, 6.45) is 5.89. The molecule has 0 spiro atoms. The molecule has 140 valence electrons. The van der Waals surface area contributed by atoms with E-state index < -0.39 is 5.91 Å². The predicted molar refractivity (Wildman–Crippen MR) is 107 cm³/mol. The highest BCUT2D eigenvalue weighted by Crippen LogP contribution is 2.19. The van der Waals surface area contributed by atoms with Crippen LogP contribution >= 0.6 is 0 Å². The number of urea groups is 1. The van der Waals surface area contributed by atoms with Crippen molar-refractivity contribution in [2.45, 2.75) is 6.42 Å². The fourth-order valence-corrected chi connectivity index (χ4v) is 2.20. The molecule has 0 saturated carbocycles. The molecule has 0 aliphatic heterocycles. The molecule has 0 aromatic heterocycles. The molecule has 6 N–H and O–H groups in total. The number of carbonyl (C=O) groups is 2. The molecule has 1 aromatic carbocycles. The maximum atomic E-state index is 12.0. The Morgan fingerprint density at radius 1 is 1.27 bits per heavy atom. The second-order valence-electron chi connectivity index (χ2n) is 5.72. The number of primary amides is 1. The number of nitrogen functional groups attached to an aromatic ring is 1. The fraction of sp³-hybridized carbons (Fsp3) is 0.263. The minimum absolute atomic E-state index is 0.160. The Balaban J connectivity index is 2.35. The van der Waals surface area contributed by atoms with Crippen LogP contribution in [0, 0.1) is 0 Å². The van der Waals surface area contributed by atoms with Crippen molar-refractivity contribution in [2.75, 3.05) is 37.7 Å². The number of nitrogens with two attached hydrogens (primary N) is 2. The summed E-state index contributed by atoms with van der Waals surface area (Å²) >= 11 is 0. The number of hydrogen-bond donors (Lipinski definition) is 4. The van der Waals surface area contributed by atoms with Gasteiger partial charge in [0, 0.05) is 32.2 Å². The molecule has 0 aliphatic carbocycles. The Labute approximate surface area is 154 Å². The number of amides is 3. The molecule has 26 heavy (non-hydrogen) atoms. The van der Waals surface area contributed by atoms with Crippen molar-refractivity contribution in [2.24, 2.45) is 5.73 Å². The second kappa shape index (κ2) is 10.6. The highest BCUT2D eigenvalue weighted by molar-refractivity contribution is 5.94. The van der Waals surface area contributed by atoms with Crippen molar-refractivity contribution >= 4 is 23.3 Å². The van der Waals surface area contributed by atoms with Gasteiger partial charge < -0.3 is 27.0 Å². The minimum Gasteiger partial charge on any atom is -0.397 e. The summed E-state index contributed by atoms with van der Waals surface area (Å²) in [7, 11) is 1.72. The van der Waals surface area contributed by atoms with E-state index in [4.69, 9.17) is 11.5 Å². The standard InChI is InChI=1S/C19H27N5O2/c1-4-7-14(5-2)13-24(3)19(26)23-11-6-10-22-17-9-8-15(18(21)25)12-16(17)20/h4-5,7-9,12,22H,1-2,6,10-11,13,20H2,3H3,(H2,21,25)(H,23,26)/b14-7+. The zero-order valence-electron chi connectivity index (χ0n) is 15.1. The minimum atomic E-state index is -0.516. The van der Waals surface area contributed by atoms with Gasteiger partial charge in [-0.2, -0.15) is 0 Å². The van der Waals surface area contributed by atoms with Gasteiger partial charge in [0.05, 0.1) is 11.4 Å². The normalized spacial score (nSPS) is 10.7. The van der Waals surface area contributed by atoms with E-state index in [1.165, 1.54) is 6.07 Å². The van der Waals surface area contributed by atoms with E-state index in [2.05, 4.69) is 23.8 Å². The van der Waals surface area contributed by atoms with Crippen LogP contribution in [0.5, 0.6) is 0 Å². The summed E-state index contributed by atoms with van der Waals surface area (Å²) in [5.74, 6) is -0.516. The van der Waals surface area contributed by atoms with Crippen molar-refractivity contribution in [3.05, 3.63) is 60.7 Å². The van der Waals surface area contributed by atoms with Crippen LogP contribution in [0.4, 0.5) is 16.2 Å². The van der Waals surface area contributed by atoms with Gasteiger partial charge in [0.1, 0.15) is 0 Å². The van der Waals surface area contributed by atoms with Crippen LogP contribution in [-0.4, -0.2) is 43.5 Å². The maximum absolute atomic E-state index is 12.0.